The fourth-order valence-corrected chi connectivity index (χ4v) is 25.3. The van der Waals surface area contributed by atoms with E-state index in [-0.39, 0.29) is 10.7 Å². The number of hydrogen-bond donors (Lipinski definition) is 0. The SMILES string of the molecule is CCC[CH2][Sn]([CH2]CCC)([CH2]CCC)[c]1c(-c2ccccc2F)n(S(=O)(=O)c2ccc(C)cc2)c2ccccc12. The van der Waals surface area contributed by atoms with Gasteiger partial charge in [0, 0.05) is 0 Å². The van der Waals surface area contributed by atoms with Crippen molar-refractivity contribution in [3.05, 3.63) is 84.2 Å². The van der Waals surface area contributed by atoms with Crippen LogP contribution in [-0.2, 0) is 10.0 Å². The zero-order valence-corrected chi connectivity index (χ0v) is 27.5. The summed E-state index contributed by atoms with van der Waals surface area (Å²) in [5, 5.41) is 1.01. The van der Waals surface area contributed by atoms with Crippen molar-refractivity contribution in [3.8, 4) is 11.3 Å². The van der Waals surface area contributed by atoms with Gasteiger partial charge in [-0.15, -0.1) is 0 Å². The van der Waals surface area contributed by atoms with Crippen LogP contribution in [0.5, 0.6) is 0 Å². The molecule has 1 heterocycles. The van der Waals surface area contributed by atoms with Crippen molar-refractivity contribution < 1.29 is 12.8 Å². The van der Waals surface area contributed by atoms with Crippen LogP contribution in [0.2, 0.25) is 13.3 Å². The second kappa shape index (κ2) is 13.0. The summed E-state index contributed by atoms with van der Waals surface area (Å²) >= 11 is -3.30. The average Bonchev–Trinajstić information content (AvgIpc) is 3.30. The van der Waals surface area contributed by atoms with Crippen LogP contribution in [0.25, 0.3) is 22.2 Å². The summed E-state index contributed by atoms with van der Waals surface area (Å²) in [7, 11) is -4.00. The van der Waals surface area contributed by atoms with Crippen LogP contribution in [0.1, 0.15) is 64.9 Å². The van der Waals surface area contributed by atoms with Crippen molar-refractivity contribution >= 4 is 42.9 Å². The molecule has 0 aliphatic rings. The number of aryl methyl sites for hydroxylation is 1. The zero-order valence-electron chi connectivity index (χ0n) is 23.8. The molecule has 3 aromatic carbocycles. The predicted octanol–water partition coefficient (Wildman–Crippen LogP) is 9.05. The van der Waals surface area contributed by atoms with Gasteiger partial charge < -0.3 is 0 Å². The Morgan fingerprint density at radius 2 is 1.28 bits per heavy atom. The van der Waals surface area contributed by atoms with Crippen molar-refractivity contribution in [2.24, 2.45) is 0 Å². The van der Waals surface area contributed by atoms with Crippen LogP contribution in [0.4, 0.5) is 4.39 Å². The molecule has 0 aliphatic carbocycles. The van der Waals surface area contributed by atoms with Crippen molar-refractivity contribution in [2.75, 3.05) is 0 Å². The van der Waals surface area contributed by atoms with Crippen molar-refractivity contribution in [2.45, 2.75) is 84.4 Å². The molecule has 39 heavy (non-hydrogen) atoms. The second-order valence-electron chi connectivity index (χ2n) is 10.9. The van der Waals surface area contributed by atoms with Gasteiger partial charge in [-0.1, -0.05) is 0 Å². The molecule has 0 N–H and O–H groups in total. The van der Waals surface area contributed by atoms with Crippen LogP contribution in [0.3, 0.4) is 0 Å². The summed E-state index contributed by atoms with van der Waals surface area (Å²) in [6.45, 7) is 8.65. The molecule has 4 rings (SSSR count). The molecule has 0 radical (unpaired) electrons. The molecule has 0 unspecified atom stereocenters. The molecule has 0 amide bonds. The van der Waals surface area contributed by atoms with Gasteiger partial charge in [0.2, 0.25) is 0 Å². The minimum atomic E-state index is -4.00. The Morgan fingerprint density at radius 3 is 1.85 bits per heavy atom. The molecule has 0 aliphatic heterocycles. The fraction of sp³-hybridized carbons (Fsp3) is 0.394. The normalized spacial score (nSPS) is 12.3. The molecular formula is C33H42FNO2SSn. The summed E-state index contributed by atoms with van der Waals surface area (Å²) in [5.41, 5.74) is 2.63. The second-order valence-corrected chi connectivity index (χ2v) is 25.7. The van der Waals surface area contributed by atoms with Gasteiger partial charge in [0.05, 0.1) is 0 Å². The molecule has 3 nitrogen and oxygen atoms in total. The number of unbranched alkanes of at least 4 members (excludes halogenated alkanes) is 3. The van der Waals surface area contributed by atoms with Crippen LogP contribution in [0, 0.1) is 12.7 Å². The first-order chi connectivity index (χ1) is 18.8. The first kappa shape index (κ1) is 29.9. The van der Waals surface area contributed by atoms with E-state index in [1.165, 1.54) is 13.6 Å². The van der Waals surface area contributed by atoms with Gasteiger partial charge in [0.25, 0.3) is 0 Å². The number of hydrogen-bond acceptors (Lipinski definition) is 2. The fourth-order valence-electron chi connectivity index (χ4n) is 6.01. The number of benzene rings is 3. The topological polar surface area (TPSA) is 39.1 Å². The molecule has 0 atom stereocenters. The van der Waals surface area contributed by atoms with Crippen LogP contribution in [0.15, 0.2) is 77.7 Å². The Labute approximate surface area is 238 Å². The van der Waals surface area contributed by atoms with Gasteiger partial charge in [0.15, 0.2) is 0 Å². The zero-order chi connectivity index (χ0) is 28.0. The molecular weight excluding hydrogens is 612 g/mol. The van der Waals surface area contributed by atoms with E-state index < -0.39 is 28.4 Å². The van der Waals surface area contributed by atoms with Gasteiger partial charge in [-0.05, 0) is 0 Å². The molecule has 0 bridgehead atoms. The number of rotatable bonds is 13. The molecule has 1 aromatic heterocycles. The summed E-state index contributed by atoms with van der Waals surface area (Å²) in [4.78, 5) is 0.231. The van der Waals surface area contributed by atoms with E-state index in [2.05, 4.69) is 26.8 Å². The first-order valence-corrected chi connectivity index (χ1v) is 23.4. The molecule has 0 spiro atoms. The Hall–Kier alpha value is -2.12. The molecule has 6 heteroatoms. The molecule has 4 aromatic rings. The van der Waals surface area contributed by atoms with Crippen LogP contribution < -0.4 is 3.58 Å². The number of aromatic nitrogens is 1. The average molecular weight is 654 g/mol. The molecule has 0 saturated carbocycles. The van der Waals surface area contributed by atoms with E-state index in [0.29, 0.717) is 16.8 Å². The summed E-state index contributed by atoms with van der Waals surface area (Å²) < 4.78 is 51.0. The number of para-hydroxylation sites is 1. The third kappa shape index (κ3) is 6.00. The van der Waals surface area contributed by atoms with Gasteiger partial charge in [0.1, 0.15) is 0 Å². The maximum absolute atomic E-state index is 15.8. The quantitative estimate of drug-likeness (QED) is 0.135. The van der Waals surface area contributed by atoms with E-state index in [1.807, 2.05) is 43.3 Å². The molecule has 208 valence electrons. The van der Waals surface area contributed by atoms with Crippen LogP contribution in [-0.4, -0.2) is 30.8 Å². The first-order valence-electron chi connectivity index (χ1n) is 14.5. The standard InChI is InChI=1S/C21H15FNO2S.3C4H9.Sn/c1-15-10-12-17(13-11-15)26(24,25)23-20-9-5-2-6-16(20)14-21(23)18-7-3-4-8-19(18)22;3*1-3-4-2;/h2-13H,1H3;3*1,3-4H2,2H3;. The van der Waals surface area contributed by atoms with Gasteiger partial charge in [-0.25, -0.2) is 0 Å². The van der Waals surface area contributed by atoms with E-state index in [4.69, 9.17) is 0 Å². The minimum absolute atomic E-state index is 0.231. The number of nitrogens with zero attached hydrogens (tertiary/aromatic N) is 1. The third-order valence-corrected chi connectivity index (χ3v) is 25.5. The van der Waals surface area contributed by atoms with E-state index in [0.717, 1.165) is 62.8 Å². The van der Waals surface area contributed by atoms with Gasteiger partial charge in [-0.3, -0.25) is 0 Å². The number of fused-ring (bicyclic) bond motifs is 1. The molecule has 0 fully saturated rings. The van der Waals surface area contributed by atoms with Crippen molar-refractivity contribution in [3.63, 3.8) is 0 Å². The Morgan fingerprint density at radius 1 is 0.744 bits per heavy atom. The maximum atomic E-state index is 15.8. The van der Waals surface area contributed by atoms with E-state index in [1.54, 1.807) is 24.3 Å². The number of halogens is 1. The van der Waals surface area contributed by atoms with E-state index >= 15 is 4.39 Å². The predicted molar refractivity (Wildman–Crippen MR) is 166 cm³/mol. The Bertz CT molecular complexity index is 1490. The third-order valence-electron chi connectivity index (χ3n) is 8.08. The summed E-state index contributed by atoms with van der Waals surface area (Å²) in [6.07, 6.45) is 6.70. The van der Waals surface area contributed by atoms with Crippen LogP contribution >= 0.6 is 0 Å². The van der Waals surface area contributed by atoms with Crippen molar-refractivity contribution in [1.29, 1.82) is 0 Å². The molecule has 0 saturated heterocycles. The van der Waals surface area contributed by atoms with Crippen molar-refractivity contribution in [1.82, 2.24) is 3.97 Å². The monoisotopic (exact) mass is 655 g/mol. The Kier molecular flexibility index (Phi) is 9.97. The summed E-state index contributed by atoms with van der Waals surface area (Å²) in [6, 6.07) is 21.6. The van der Waals surface area contributed by atoms with Gasteiger partial charge in [-0.2, -0.15) is 0 Å². The summed E-state index contributed by atoms with van der Waals surface area (Å²) in [5.74, 6) is -0.372. The van der Waals surface area contributed by atoms with E-state index in [9.17, 15) is 8.42 Å². The Balaban J connectivity index is 2.19. The van der Waals surface area contributed by atoms with Gasteiger partial charge >= 0.3 is 240 Å².